The van der Waals surface area contributed by atoms with Crippen molar-refractivity contribution in [2.24, 2.45) is 0 Å². The number of nitrogens with zero attached hydrogens (tertiary/aromatic N) is 2. The van der Waals surface area contributed by atoms with Gasteiger partial charge in [-0.05, 0) is 0 Å². The molecule has 0 bridgehead atoms. The van der Waals surface area contributed by atoms with Crippen LogP contribution < -0.4 is 0 Å². The summed E-state index contributed by atoms with van der Waals surface area (Å²) in [5, 5.41) is 0. The third-order valence-electron chi connectivity index (χ3n) is 2.30. The third kappa shape index (κ3) is 5.78. The van der Waals surface area contributed by atoms with Crippen LogP contribution in [0.5, 0.6) is 0 Å². The van der Waals surface area contributed by atoms with Crippen molar-refractivity contribution in [2.75, 3.05) is 50.4 Å². The molecule has 0 aromatic carbocycles. The molecular weight excluding hydrogens is 252 g/mol. The minimum Gasteiger partial charge on any atom is -0.287 e. The molecule has 0 unspecified atom stereocenters. The maximum Gasteiger partial charge on any atom is 0.160 e. The number of hydrogen-bond donors (Lipinski definition) is 0. The van der Waals surface area contributed by atoms with E-state index in [4.69, 9.17) is 0 Å². The summed E-state index contributed by atoms with van der Waals surface area (Å²) in [5.41, 5.74) is 0. The van der Waals surface area contributed by atoms with Crippen LogP contribution in [0, 0.1) is 0 Å². The smallest absolute Gasteiger partial charge is 0.160 e. The first-order valence-electron chi connectivity index (χ1n) is 4.96. The van der Waals surface area contributed by atoms with Gasteiger partial charge in [0.25, 0.3) is 0 Å². The van der Waals surface area contributed by atoms with E-state index in [1.807, 2.05) is 9.80 Å². The fraction of sp³-hybridized carbons (Fsp3) is 1.00. The van der Waals surface area contributed by atoms with Gasteiger partial charge in [-0.3, -0.25) is 9.80 Å². The molecule has 0 N–H and O–H groups in total. The fourth-order valence-electron chi connectivity index (χ4n) is 1.71. The molecule has 1 saturated heterocycles. The molecule has 1 heterocycles. The lowest BCUT2D eigenvalue weighted by atomic mass is 10.4. The molecule has 16 heavy (non-hydrogen) atoms. The van der Waals surface area contributed by atoms with Gasteiger partial charge in [-0.25, -0.2) is 16.8 Å². The topological polar surface area (TPSA) is 74.8 Å². The lowest BCUT2D eigenvalue weighted by molar-refractivity contribution is 0.165. The summed E-state index contributed by atoms with van der Waals surface area (Å²) >= 11 is 0. The van der Waals surface area contributed by atoms with Crippen molar-refractivity contribution in [1.82, 2.24) is 9.80 Å². The zero-order valence-electron chi connectivity index (χ0n) is 9.59. The normalized spacial score (nSPS) is 21.1. The van der Waals surface area contributed by atoms with E-state index in [2.05, 4.69) is 0 Å². The van der Waals surface area contributed by atoms with E-state index < -0.39 is 19.7 Å². The Labute approximate surface area is 97.1 Å². The largest absolute Gasteiger partial charge is 0.287 e. The Balaban J connectivity index is 2.40. The average molecular weight is 270 g/mol. The minimum absolute atomic E-state index is 0.0553. The van der Waals surface area contributed by atoms with Crippen molar-refractivity contribution in [2.45, 2.75) is 0 Å². The standard InChI is InChI=1S/C8H18N2O4S2/c1-15(11,12)7-9-3-5-10(6-4-9)8-16(2,13)14/h3-8H2,1-2H3. The molecule has 1 aliphatic rings. The van der Waals surface area contributed by atoms with Gasteiger partial charge in [-0.15, -0.1) is 0 Å². The van der Waals surface area contributed by atoms with Crippen LogP contribution in [0.2, 0.25) is 0 Å². The molecule has 0 aromatic rings. The van der Waals surface area contributed by atoms with Crippen molar-refractivity contribution < 1.29 is 16.8 Å². The summed E-state index contributed by atoms with van der Waals surface area (Å²) < 4.78 is 44.2. The van der Waals surface area contributed by atoms with Gasteiger partial charge in [0.15, 0.2) is 19.7 Å². The quantitative estimate of drug-likeness (QED) is 0.626. The van der Waals surface area contributed by atoms with E-state index in [-0.39, 0.29) is 11.8 Å². The zero-order chi connectivity index (χ0) is 12.4. The van der Waals surface area contributed by atoms with Gasteiger partial charge < -0.3 is 0 Å². The number of rotatable bonds is 4. The Morgan fingerprint density at radius 3 is 1.19 bits per heavy atom. The predicted molar refractivity (Wildman–Crippen MR) is 62.6 cm³/mol. The van der Waals surface area contributed by atoms with Crippen molar-refractivity contribution in [1.29, 1.82) is 0 Å². The highest BCUT2D eigenvalue weighted by Crippen LogP contribution is 2.04. The highest BCUT2D eigenvalue weighted by atomic mass is 32.2. The van der Waals surface area contributed by atoms with Crippen LogP contribution in [0.25, 0.3) is 0 Å². The summed E-state index contributed by atoms with van der Waals surface area (Å²) in [5.74, 6) is 0.111. The highest BCUT2D eigenvalue weighted by Gasteiger charge is 2.21. The molecule has 0 aliphatic carbocycles. The molecule has 8 heteroatoms. The SMILES string of the molecule is CS(=O)(=O)CN1CCN(CS(C)(=O)=O)CC1. The summed E-state index contributed by atoms with van der Waals surface area (Å²) in [6.07, 6.45) is 2.41. The molecule has 1 fully saturated rings. The fourth-order valence-corrected chi connectivity index (χ4v) is 3.55. The molecule has 0 amide bonds. The van der Waals surface area contributed by atoms with Gasteiger partial charge in [-0.2, -0.15) is 0 Å². The summed E-state index contributed by atoms with van der Waals surface area (Å²) in [6.45, 7) is 2.40. The number of hydrogen-bond acceptors (Lipinski definition) is 6. The first-order chi connectivity index (χ1) is 7.16. The molecule has 6 nitrogen and oxygen atoms in total. The van der Waals surface area contributed by atoms with E-state index in [1.54, 1.807) is 0 Å². The van der Waals surface area contributed by atoms with Gasteiger partial charge in [-0.1, -0.05) is 0 Å². The van der Waals surface area contributed by atoms with E-state index >= 15 is 0 Å². The van der Waals surface area contributed by atoms with Gasteiger partial charge in [0.05, 0.1) is 0 Å². The lowest BCUT2D eigenvalue weighted by Crippen LogP contribution is -2.48. The second-order valence-corrected chi connectivity index (χ2v) is 8.57. The summed E-state index contributed by atoms with van der Waals surface area (Å²) in [7, 11) is -5.97. The van der Waals surface area contributed by atoms with Crippen molar-refractivity contribution in [3.05, 3.63) is 0 Å². The van der Waals surface area contributed by atoms with Gasteiger partial charge in [0.1, 0.15) is 11.8 Å². The Morgan fingerprint density at radius 1 is 0.750 bits per heavy atom. The Morgan fingerprint density at radius 2 is 1.00 bits per heavy atom. The Hall–Kier alpha value is -0.180. The molecule has 0 spiro atoms. The van der Waals surface area contributed by atoms with Crippen molar-refractivity contribution in [3.8, 4) is 0 Å². The van der Waals surface area contributed by atoms with Crippen LogP contribution in [0.15, 0.2) is 0 Å². The highest BCUT2D eigenvalue weighted by molar-refractivity contribution is 7.90. The van der Waals surface area contributed by atoms with Crippen LogP contribution in [0.3, 0.4) is 0 Å². The second kappa shape index (κ2) is 4.99. The number of sulfone groups is 2. The maximum atomic E-state index is 11.1. The van der Waals surface area contributed by atoms with Crippen LogP contribution >= 0.6 is 0 Å². The lowest BCUT2D eigenvalue weighted by Gasteiger charge is -2.33. The Bertz CT molecular complexity index is 379. The number of piperazine rings is 1. The van der Waals surface area contributed by atoms with E-state index in [9.17, 15) is 16.8 Å². The molecule has 96 valence electrons. The predicted octanol–water partition coefficient (Wildman–Crippen LogP) is -1.39. The zero-order valence-corrected chi connectivity index (χ0v) is 11.2. The van der Waals surface area contributed by atoms with Crippen molar-refractivity contribution >= 4 is 19.7 Å². The first-order valence-corrected chi connectivity index (χ1v) is 9.08. The van der Waals surface area contributed by atoms with Crippen LogP contribution in [0.1, 0.15) is 0 Å². The third-order valence-corrected chi connectivity index (χ3v) is 3.97. The van der Waals surface area contributed by atoms with E-state index in [1.165, 1.54) is 12.5 Å². The molecule has 0 radical (unpaired) electrons. The van der Waals surface area contributed by atoms with Gasteiger partial charge in [0.2, 0.25) is 0 Å². The maximum absolute atomic E-state index is 11.1. The molecule has 1 rings (SSSR count). The molecule has 0 saturated carbocycles. The average Bonchev–Trinajstić information content (AvgIpc) is 2.03. The van der Waals surface area contributed by atoms with Crippen LogP contribution in [-0.2, 0) is 19.7 Å². The Kier molecular flexibility index (Phi) is 4.33. The first kappa shape index (κ1) is 13.9. The summed E-state index contributed by atoms with van der Waals surface area (Å²) in [6, 6.07) is 0. The van der Waals surface area contributed by atoms with E-state index in [0.717, 1.165) is 0 Å². The second-order valence-electron chi connectivity index (χ2n) is 4.35. The van der Waals surface area contributed by atoms with Crippen LogP contribution in [0.4, 0.5) is 0 Å². The van der Waals surface area contributed by atoms with Crippen LogP contribution in [-0.4, -0.2) is 77.1 Å². The minimum atomic E-state index is -2.99. The van der Waals surface area contributed by atoms with Crippen molar-refractivity contribution in [3.63, 3.8) is 0 Å². The van der Waals surface area contributed by atoms with Gasteiger partial charge in [0, 0.05) is 38.7 Å². The molecule has 1 aliphatic heterocycles. The summed E-state index contributed by atoms with van der Waals surface area (Å²) in [4.78, 5) is 3.65. The van der Waals surface area contributed by atoms with E-state index in [0.29, 0.717) is 26.2 Å². The molecule has 0 atom stereocenters. The monoisotopic (exact) mass is 270 g/mol. The molecule has 0 aromatic heterocycles. The van der Waals surface area contributed by atoms with Gasteiger partial charge >= 0.3 is 0 Å². The molecular formula is C8H18N2O4S2.